The number of nitrogens with one attached hydrogen (secondary N) is 1. The summed E-state index contributed by atoms with van der Waals surface area (Å²) in [5.41, 5.74) is 1.26. The van der Waals surface area contributed by atoms with Crippen molar-refractivity contribution in [2.24, 2.45) is 15.9 Å². The Morgan fingerprint density at radius 2 is 1.97 bits per heavy atom. The number of amidine groups is 1. The second-order valence-electron chi connectivity index (χ2n) is 8.39. The molecule has 0 saturated heterocycles. The lowest BCUT2D eigenvalue weighted by molar-refractivity contribution is -0.121. The van der Waals surface area contributed by atoms with Crippen LogP contribution in [-0.2, 0) is 4.79 Å². The number of carbonyl (C=O) groups excluding carboxylic acids is 2. The average Bonchev–Trinajstić information content (AvgIpc) is 3.12. The molecule has 1 saturated carbocycles. The van der Waals surface area contributed by atoms with E-state index in [1.807, 2.05) is 0 Å². The Morgan fingerprint density at radius 1 is 1.22 bits per heavy atom. The van der Waals surface area contributed by atoms with Crippen LogP contribution < -0.4 is 5.32 Å². The summed E-state index contributed by atoms with van der Waals surface area (Å²) in [6, 6.07) is 4.97. The third-order valence-corrected chi connectivity index (χ3v) is 5.94. The molecule has 1 fully saturated rings. The van der Waals surface area contributed by atoms with Gasteiger partial charge < -0.3 is 19.7 Å². The van der Waals surface area contributed by atoms with Crippen LogP contribution in [-0.4, -0.2) is 54.0 Å². The number of furan rings is 1. The Morgan fingerprint density at radius 3 is 2.62 bits per heavy atom. The molecule has 0 atom stereocenters. The van der Waals surface area contributed by atoms with Crippen molar-refractivity contribution in [1.82, 2.24) is 4.90 Å². The maximum Gasteiger partial charge on any atom is 0.316 e. The van der Waals surface area contributed by atoms with E-state index in [-0.39, 0.29) is 40.4 Å². The highest BCUT2D eigenvalue weighted by Crippen LogP contribution is 2.35. The molecule has 1 aromatic heterocycles. The fourth-order valence-electron chi connectivity index (χ4n) is 4.08. The molecule has 0 spiro atoms. The number of amides is 2. The first kappa shape index (κ1) is 21.7. The van der Waals surface area contributed by atoms with E-state index in [1.54, 1.807) is 18.2 Å². The van der Waals surface area contributed by atoms with Gasteiger partial charge in [0.1, 0.15) is 17.0 Å². The molecule has 2 aliphatic rings. The summed E-state index contributed by atoms with van der Waals surface area (Å²) in [4.78, 5) is 36.2. The van der Waals surface area contributed by atoms with Crippen LogP contribution in [0.3, 0.4) is 0 Å². The number of anilines is 1. The number of nitrogens with zero attached hydrogens (tertiary/aromatic N) is 3. The molecule has 2 aromatic rings. The van der Waals surface area contributed by atoms with Crippen molar-refractivity contribution < 1.29 is 19.1 Å². The first-order valence-corrected chi connectivity index (χ1v) is 10.6. The second-order valence-corrected chi connectivity index (χ2v) is 8.39. The molecule has 0 radical (unpaired) electrons. The number of aromatic hydroxyl groups is 1. The van der Waals surface area contributed by atoms with Crippen molar-refractivity contribution in [3.8, 4) is 5.75 Å². The molecule has 8 nitrogen and oxygen atoms in total. The minimum absolute atomic E-state index is 0.00484. The topological polar surface area (TPSA) is 108 Å². The number of carbonyl (C=O) groups is 2. The molecule has 4 rings (SSSR count). The van der Waals surface area contributed by atoms with E-state index in [0.29, 0.717) is 17.0 Å². The predicted octanol–water partition coefficient (Wildman–Crippen LogP) is 3.93. The Balaban J connectivity index is 1.61. The second kappa shape index (κ2) is 8.92. The molecular formula is C24H26N4O4. The number of fused-ring (bicyclic) bond motifs is 1. The Hall–Kier alpha value is -3.52. The lowest BCUT2D eigenvalue weighted by Crippen LogP contribution is -2.35. The third kappa shape index (κ3) is 4.55. The summed E-state index contributed by atoms with van der Waals surface area (Å²) in [6.45, 7) is 3.76. The molecule has 32 heavy (non-hydrogen) atoms. The van der Waals surface area contributed by atoms with Gasteiger partial charge in [0, 0.05) is 29.6 Å². The summed E-state index contributed by atoms with van der Waals surface area (Å²) in [7, 11) is 4.11. The van der Waals surface area contributed by atoms with Crippen molar-refractivity contribution >= 4 is 40.5 Å². The molecule has 1 aliphatic heterocycles. The highest BCUT2D eigenvalue weighted by Gasteiger charge is 2.30. The number of rotatable bonds is 4. The quantitative estimate of drug-likeness (QED) is 0.758. The largest absolute Gasteiger partial charge is 0.508 e. The van der Waals surface area contributed by atoms with Crippen LogP contribution in [0, 0.1) is 5.92 Å². The number of benzene rings is 1. The Kier molecular flexibility index (Phi) is 6.05. The zero-order chi connectivity index (χ0) is 22.8. The van der Waals surface area contributed by atoms with E-state index in [4.69, 9.17) is 4.42 Å². The number of allylic oxidation sites excluding steroid dienone is 2. The summed E-state index contributed by atoms with van der Waals surface area (Å²) in [5.74, 6) is -0.844. The van der Waals surface area contributed by atoms with E-state index in [9.17, 15) is 14.7 Å². The van der Waals surface area contributed by atoms with Crippen molar-refractivity contribution in [2.75, 3.05) is 19.4 Å². The van der Waals surface area contributed by atoms with E-state index >= 15 is 0 Å². The van der Waals surface area contributed by atoms with Crippen molar-refractivity contribution in [1.29, 1.82) is 0 Å². The van der Waals surface area contributed by atoms with Gasteiger partial charge in [-0.25, -0.2) is 4.99 Å². The Labute approximate surface area is 186 Å². The lowest BCUT2D eigenvalue weighted by Gasteiger charge is -2.31. The van der Waals surface area contributed by atoms with E-state index < -0.39 is 5.91 Å². The maximum absolute atomic E-state index is 13.0. The van der Waals surface area contributed by atoms with Crippen LogP contribution in [0.4, 0.5) is 5.69 Å². The van der Waals surface area contributed by atoms with Crippen LogP contribution in [0.15, 0.2) is 56.9 Å². The van der Waals surface area contributed by atoms with Crippen LogP contribution in [0.1, 0.15) is 36.2 Å². The van der Waals surface area contributed by atoms with Gasteiger partial charge in [0.2, 0.25) is 11.7 Å². The van der Waals surface area contributed by atoms with Gasteiger partial charge in [-0.15, -0.1) is 0 Å². The average molecular weight is 434 g/mol. The number of phenolic OH excluding ortho intramolecular Hbond substituents is 1. The number of dihydropyridines is 1. The minimum Gasteiger partial charge on any atom is -0.508 e. The van der Waals surface area contributed by atoms with Crippen molar-refractivity contribution in [2.45, 2.75) is 31.7 Å². The van der Waals surface area contributed by atoms with E-state index in [2.05, 4.69) is 40.9 Å². The summed E-state index contributed by atoms with van der Waals surface area (Å²) in [5, 5.41) is 13.2. The van der Waals surface area contributed by atoms with Gasteiger partial charge in [0.05, 0.1) is 0 Å². The van der Waals surface area contributed by atoms with E-state index in [0.717, 1.165) is 25.7 Å². The third-order valence-electron chi connectivity index (χ3n) is 5.94. The van der Waals surface area contributed by atoms with Gasteiger partial charge >= 0.3 is 5.91 Å². The number of aliphatic imine (C=N–C) groups is 2. The molecular weight excluding hydrogens is 408 g/mol. The predicted molar refractivity (Wildman–Crippen MR) is 124 cm³/mol. The van der Waals surface area contributed by atoms with E-state index in [1.165, 1.54) is 18.3 Å². The van der Waals surface area contributed by atoms with Crippen molar-refractivity contribution in [3.63, 3.8) is 0 Å². The maximum atomic E-state index is 13.0. The summed E-state index contributed by atoms with van der Waals surface area (Å²) in [6.07, 6.45) is 8.23. The minimum atomic E-state index is -0.670. The zero-order valence-corrected chi connectivity index (χ0v) is 18.2. The highest BCUT2D eigenvalue weighted by atomic mass is 16.3. The van der Waals surface area contributed by atoms with Gasteiger partial charge in [0.15, 0.2) is 5.84 Å². The Bertz CT molecular complexity index is 1150. The molecule has 1 aromatic carbocycles. The fourth-order valence-corrected chi connectivity index (χ4v) is 4.08. The van der Waals surface area contributed by atoms with Crippen LogP contribution in [0.5, 0.6) is 5.75 Å². The highest BCUT2D eigenvalue weighted by molar-refractivity contribution is 6.16. The molecule has 0 bridgehead atoms. The standard InChI is InChI=1S/C24H26N4O4/c1-14-4-11-20(25-13-14)26-24(31)22-21(18-10-9-17(29)12-19(18)32-22)27-23(30)15-5-7-16(8-6-15)28(2)3/h4,9-13,15-16,29H,1,5-8H2,2-3H3,(H,27,30). The van der Waals surface area contributed by atoms with Gasteiger partial charge in [-0.1, -0.05) is 12.7 Å². The van der Waals surface area contributed by atoms with Crippen LogP contribution >= 0.6 is 0 Å². The smallest absolute Gasteiger partial charge is 0.316 e. The molecule has 166 valence electrons. The van der Waals surface area contributed by atoms with Crippen LogP contribution in [0.2, 0.25) is 0 Å². The SMILES string of the molecule is C=C1C=CC(=NC(=O)c2oc3cc(O)ccc3c2NC(=O)C2CCC(N(C)C)CC2)N=C1. The molecule has 0 unspecified atom stereocenters. The normalized spacial score (nSPS) is 22.1. The van der Waals surface area contributed by atoms with Crippen molar-refractivity contribution in [3.05, 3.63) is 48.3 Å². The number of hydrogen-bond acceptors (Lipinski definition) is 5. The zero-order valence-electron chi connectivity index (χ0n) is 18.2. The van der Waals surface area contributed by atoms with Crippen LogP contribution in [0.25, 0.3) is 11.0 Å². The summed E-state index contributed by atoms with van der Waals surface area (Å²) >= 11 is 0. The summed E-state index contributed by atoms with van der Waals surface area (Å²) < 4.78 is 5.71. The number of phenols is 1. The van der Waals surface area contributed by atoms with Gasteiger partial charge in [-0.2, -0.15) is 4.99 Å². The monoisotopic (exact) mass is 434 g/mol. The van der Waals surface area contributed by atoms with Gasteiger partial charge in [0.25, 0.3) is 0 Å². The first-order valence-electron chi connectivity index (χ1n) is 10.6. The molecule has 8 heteroatoms. The molecule has 1 aliphatic carbocycles. The first-order chi connectivity index (χ1) is 15.3. The fraction of sp³-hybridized carbons (Fsp3) is 0.333. The van der Waals surface area contributed by atoms with Gasteiger partial charge in [-0.3, -0.25) is 9.59 Å². The van der Waals surface area contributed by atoms with Gasteiger partial charge in [-0.05, 0) is 63.6 Å². The number of hydrogen-bond donors (Lipinski definition) is 2. The lowest BCUT2D eigenvalue weighted by atomic mass is 9.85. The molecule has 2 heterocycles. The molecule has 2 amide bonds. The molecule has 2 N–H and O–H groups in total.